The molecule has 1 fully saturated rings. The van der Waals surface area contributed by atoms with Gasteiger partial charge in [-0.3, -0.25) is 4.98 Å². The van der Waals surface area contributed by atoms with Gasteiger partial charge in [0.25, 0.3) is 0 Å². The highest BCUT2D eigenvalue weighted by atomic mass is 16.5. The van der Waals surface area contributed by atoms with Crippen LogP contribution in [0.4, 0.5) is 5.69 Å². The first-order valence-electron chi connectivity index (χ1n) is 6.08. The Hall–Kier alpha value is -1.13. The third-order valence-corrected chi connectivity index (χ3v) is 3.30. The normalized spacial score (nSPS) is 17.3. The Morgan fingerprint density at radius 2 is 2.12 bits per heavy atom. The van der Waals surface area contributed by atoms with Crippen LogP contribution in [0.5, 0.6) is 0 Å². The van der Waals surface area contributed by atoms with E-state index < -0.39 is 0 Å². The molecule has 0 bridgehead atoms. The van der Waals surface area contributed by atoms with Gasteiger partial charge in [0.2, 0.25) is 0 Å². The number of aryl methyl sites for hydroxylation is 1. The van der Waals surface area contributed by atoms with E-state index in [1.807, 2.05) is 20.0 Å². The Morgan fingerprint density at radius 1 is 1.41 bits per heavy atom. The lowest BCUT2D eigenvalue weighted by Crippen LogP contribution is -2.23. The van der Waals surface area contributed by atoms with Gasteiger partial charge in [0.1, 0.15) is 0 Å². The van der Waals surface area contributed by atoms with Crippen molar-refractivity contribution < 1.29 is 9.47 Å². The summed E-state index contributed by atoms with van der Waals surface area (Å²) in [5, 5.41) is 0. The van der Waals surface area contributed by atoms with Crippen LogP contribution in [0, 0.1) is 13.8 Å². The lowest BCUT2D eigenvalue weighted by atomic mass is 10.1. The Labute approximate surface area is 102 Å². The van der Waals surface area contributed by atoms with Gasteiger partial charge in [0.15, 0.2) is 0 Å². The molecule has 0 radical (unpaired) electrons. The Bertz CT molecular complexity index is 387. The van der Waals surface area contributed by atoms with Crippen LogP contribution < -0.4 is 5.73 Å². The van der Waals surface area contributed by atoms with Crippen molar-refractivity contribution in [3.8, 4) is 0 Å². The number of ether oxygens (including phenoxy) is 2. The maximum atomic E-state index is 5.98. The van der Waals surface area contributed by atoms with Crippen molar-refractivity contribution in [2.24, 2.45) is 0 Å². The van der Waals surface area contributed by atoms with Crippen molar-refractivity contribution in [1.82, 2.24) is 4.98 Å². The number of aromatic nitrogens is 1. The zero-order valence-corrected chi connectivity index (χ0v) is 10.5. The van der Waals surface area contributed by atoms with Crippen molar-refractivity contribution in [3.63, 3.8) is 0 Å². The second-order valence-corrected chi connectivity index (χ2v) is 4.55. The van der Waals surface area contributed by atoms with Crippen molar-refractivity contribution >= 4 is 5.69 Å². The molecule has 1 aliphatic heterocycles. The van der Waals surface area contributed by atoms with Gasteiger partial charge >= 0.3 is 0 Å². The first-order valence-corrected chi connectivity index (χ1v) is 6.08. The molecule has 0 atom stereocenters. The fourth-order valence-electron chi connectivity index (χ4n) is 1.98. The highest BCUT2D eigenvalue weighted by Gasteiger charge is 2.15. The molecule has 0 unspecified atom stereocenters. The highest BCUT2D eigenvalue weighted by molar-refractivity contribution is 5.53. The van der Waals surface area contributed by atoms with E-state index in [0.717, 1.165) is 48.6 Å². The summed E-state index contributed by atoms with van der Waals surface area (Å²) >= 11 is 0. The smallest absolute Gasteiger partial charge is 0.0895 e. The van der Waals surface area contributed by atoms with Gasteiger partial charge in [0.05, 0.1) is 18.4 Å². The van der Waals surface area contributed by atoms with Crippen LogP contribution in [-0.4, -0.2) is 24.3 Å². The average molecular weight is 236 g/mol. The molecule has 1 aromatic heterocycles. The van der Waals surface area contributed by atoms with E-state index in [9.17, 15) is 0 Å². The highest BCUT2D eigenvalue weighted by Crippen LogP contribution is 2.20. The maximum Gasteiger partial charge on any atom is 0.0895 e. The summed E-state index contributed by atoms with van der Waals surface area (Å²) in [6.07, 6.45) is 4.05. The molecule has 2 N–H and O–H groups in total. The summed E-state index contributed by atoms with van der Waals surface area (Å²) in [6.45, 7) is 6.11. The van der Waals surface area contributed by atoms with Crippen molar-refractivity contribution in [2.75, 3.05) is 18.9 Å². The molecule has 2 rings (SSSR count). The van der Waals surface area contributed by atoms with Gasteiger partial charge in [-0.15, -0.1) is 0 Å². The van der Waals surface area contributed by atoms with Gasteiger partial charge in [-0.05, 0) is 37.8 Å². The zero-order valence-electron chi connectivity index (χ0n) is 10.5. The zero-order chi connectivity index (χ0) is 12.3. The molecule has 4 nitrogen and oxygen atoms in total. The number of anilines is 1. The molecule has 2 heterocycles. The van der Waals surface area contributed by atoms with Crippen LogP contribution in [-0.2, 0) is 16.1 Å². The minimum absolute atomic E-state index is 0.299. The largest absolute Gasteiger partial charge is 0.398 e. The van der Waals surface area contributed by atoms with Crippen molar-refractivity contribution in [1.29, 1.82) is 0 Å². The molecular formula is C13H20N2O2. The summed E-state index contributed by atoms with van der Waals surface area (Å²) in [5.41, 5.74) is 9.81. The van der Waals surface area contributed by atoms with E-state index in [0.29, 0.717) is 12.7 Å². The minimum atomic E-state index is 0.299. The van der Waals surface area contributed by atoms with E-state index in [-0.39, 0.29) is 0 Å². The summed E-state index contributed by atoms with van der Waals surface area (Å²) in [6, 6.07) is 0. The summed E-state index contributed by atoms with van der Waals surface area (Å²) in [5.74, 6) is 0. The van der Waals surface area contributed by atoms with E-state index in [1.165, 1.54) is 0 Å². The Kier molecular flexibility index (Phi) is 3.97. The summed E-state index contributed by atoms with van der Waals surface area (Å²) in [7, 11) is 0. The van der Waals surface area contributed by atoms with Crippen molar-refractivity contribution in [3.05, 3.63) is 23.0 Å². The fraction of sp³-hybridized carbons (Fsp3) is 0.615. The molecular weight excluding hydrogens is 216 g/mol. The first-order chi connectivity index (χ1) is 8.18. The fourth-order valence-corrected chi connectivity index (χ4v) is 1.98. The number of nitrogens with two attached hydrogens (primary N) is 1. The molecule has 94 valence electrons. The SMILES string of the molecule is Cc1cnc(COC2CCOCC2)c(C)c1N. The number of pyridine rings is 1. The van der Waals surface area contributed by atoms with Gasteiger partial charge in [-0.25, -0.2) is 0 Å². The molecule has 1 saturated heterocycles. The summed E-state index contributed by atoms with van der Waals surface area (Å²) in [4.78, 5) is 4.39. The molecule has 0 saturated carbocycles. The first kappa shape index (κ1) is 12.3. The molecule has 4 heteroatoms. The van der Waals surface area contributed by atoms with E-state index in [4.69, 9.17) is 15.2 Å². The number of nitrogen functional groups attached to an aromatic ring is 1. The number of hydrogen-bond acceptors (Lipinski definition) is 4. The van der Waals surface area contributed by atoms with E-state index in [2.05, 4.69) is 4.98 Å². The molecule has 0 spiro atoms. The standard InChI is InChI=1S/C13H20N2O2/c1-9-7-15-12(10(2)13(9)14)8-17-11-3-5-16-6-4-11/h7,11H,3-6,8H2,1-2H3,(H2,14,15). The van der Waals surface area contributed by atoms with Crippen LogP contribution in [0.25, 0.3) is 0 Å². The number of hydrogen-bond donors (Lipinski definition) is 1. The van der Waals surface area contributed by atoms with Crippen LogP contribution in [0.1, 0.15) is 29.7 Å². The predicted octanol–water partition coefficient (Wildman–Crippen LogP) is 1.98. The maximum absolute atomic E-state index is 5.98. The third kappa shape index (κ3) is 2.96. The van der Waals surface area contributed by atoms with Crippen LogP contribution >= 0.6 is 0 Å². The van der Waals surface area contributed by atoms with Gasteiger partial charge < -0.3 is 15.2 Å². The van der Waals surface area contributed by atoms with Crippen LogP contribution in [0.15, 0.2) is 6.20 Å². The molecule has 17 heavy (non-hydrogen) atoms. The van der Waals surface area contributed by atoms with Crippen LogP contribution in [0.2, 0.25) is 0 Å². The van der Waals surface area contributed by atoms with E-state index >= 15 is 0 Å². The van der Waals surface area contributed by atoms with Crippen LogP contribution in [0.3, 0.4) is 0 Å². The molecule has 0 aromatic carbocycles. The average Bonchev–Trinajstić information content (AvgIpc) is 2.36. The minimum Gasteiger partial charge on any atom is -0.398 e. The lowest BCUT2D eigenvalue weighted by Gasteiger charge is -2.22. The van der Waals surface area contributed by atoms with Gasteiger partial charge in [-0.1, -0.05) is 0 Å². The number of rotatable bonds is 3. The molecule has 1 aliphatic rings. The second-order valence-electron chi connectivity index (χ2n) is 4.55. The second kappa shape index (κ2) is 5.47. The monoisotopic (exact) mass is 236 g/mol. The van der Waals surface area contributed by atoms with Gasteiger partial charge in [0, 0.05) is 25.1 Å². The third-order valence-electron chi connectivity index (χ3n) is 3.30. The van der Waals surface area contributed by atoms with Gasteiger partial charge in [-0.2, -0.15) is 0 Å². The molecule has 1 aromatic rings. The predicted molar refractivity (Wildman–Crippen MR) is 66.8 cm³/mol. The molecule has 0 amide bonds. The Morgan fingerprint density at radius 3 is 2.82 bits per heavy atom. The lowest BCUT2D eigenvalue weighted by molar-refractivity contribution is -0.0400. The number of nitrogens with zero attached hydrogens (tertiary/aromatic N) is 1. The quantitative estimate of drug-likeness (QED) is 0.871. The summed E-state index contributed by atoms with van der Waals surface area (Å²) < 4.78 is 11.1. The van der Waals surface area contributed by atoms with E-state index in [1.54, 1.807) is 0 Å². The topological polar surface area (TPSA) is 57.4 Å². The van der Waals surface area contributed by atoms with Crippen molar-refractivity contribution in [2.45, 2.75) is 39.4 Å². The Balaban J connectivity index is 1.96. The molecule has 0 aliphatic carbocycles.